The van der Waals surface area contributed by atoms with Crippen molar-refractivity contribution in [3.63, 3.8) is 0 Å². The minimum absolute atomic E-state index is 0.104. The van der Waals surface area contributed by atoms with Gasteiger partial charge < -0.3 is 9.55 Å². The van der Waals surface area contributed by atoms with E-state index in [-0.39, 0.29) is 34.3 Å². The van der Waals surface area contributed by atoms with Crippen LogP contribution in [0.25, 0.3) is 33.5 Å². The second kappa shape index (κ2) is 8.73. The van der Waals surface area contributed by atoms with Gasteiger partial charge in [0.25, 0.3) is 5.56 Å². The molecule has 0 spiro atoms. The standard InChI is InChI=1S/C24H26ClN7O4S/c1-13(2)10-31-21-19(23(33)30(4)24(31)34)20(22-27-18(12-29(22)3)37(5,35)36)32(28-21)11-14-9-26-17-7-6-15(25)8-16(14)17/h6-9,12-13,26H,10-11H2,1-5H3. The first kappa shape index (κ1) is 25.0. The Kier molecular flexibility index (Phi) is 5.91. The van der Waals surface area contributed by atoms with Crippen LogP contribution in [0.3, 0.4) is 0 Å². The Hall–Kier alpha value is -3.64. The number of fused-ring (bicyclic) bond motifs is 2. The van der Waals surface area contributed by atoms with Gasteiger partial charge in [0, 0.05) is 55.2 Å². The number of hydrogen-bond donors (Lipinski definition) is 1. The van der Waals surface area contributed by atoms with Gasteiger partial charge in [0.2, 0.25) is 0 Å². The molecular weight excluding hydrogens is 518 g/mol. The summed E-state index contributed by atoms with van der Waals surface area (Å²) in [6, 6.07) is 5.49. The summed E-state index contributed by atoms with van der Waals surface area (Å²) in [5, 5.41) is 6.25. The summed E-state index contributed by atoms with van der Waals surface area (Å²) < 4.78 is 30.2. The van der Waals surface area contributed by atoms with Crippen molar-refractivity contribution in [3.05, 3.63) is 62.0 Å². The maximum Gasteiger partial charge on any atom is 0.332 e. The van der Waals surface area contributed by atoms with Gasteiger partial charge in [0.1, 0.15) is 11.1 Å². The molecule has 0 atom stereocenters. The maximum atomic E-state index is 13.5. The summed E-state index contributed by atoms with van der Waals surface area (Å²) in [5.74, 6) is 0.348. The van der Waals surface area contributed by atoms with Crippen molar-refractivity contribution in [2.45, 2.75) is 32.0 Å². The quantitative estimate of drug-likeness (QED) is 0.350. The average molecular weight is 544 g/mol. The highest BCUT2D eigenvalue weighted by Gasteiger charge is 2.27. The summed E-state index contributed by atoms with van der Waals surface area (Å²) in [6.07, 6.45) is 4.30. The van der Waals surface area contributed by atoms with E-state index in [4.69, 9.17) is 16.7 Å². The molecule has 4 aromatic heterocycles. The lowest BCUT2D eigenvalue weighted by Gasteiger charge is -2.10. The van der Waals surface area contributed by atoms with E-state index in [1.807, 2.05) is 32.2 Å². The van der Waals surface area contributed by atoms with Crippen LogP contribution in [0, 0.1) is 5.92 Å². The van der Waals surface area contributed by atoms with Crippen LogP contribution in [-0.2, 0) is 37.0 Å². The molecule has 0 radical (unpaired) electrons. The number of H-pyrrole nitrogens is 1. The van der Waals surface area contributed by atoms with E-state index in [1.165, 1.54) is 17.8 Å². The molecule has 0 saturated heterocycles. The maximum absolute atomic E-state index is 13.5. The number of nitrogens with one attached hydrogen (secondary N) is 1. The molecule has 37 heavy (non-hydrogen) atoms. The zero-order chi connectivity index (χ0) is 26.8. The molecule has 0 saturated carbocycles. The van der Waals surface area contributed by atoms with Crippen LogP contribution in [0.5, 0.6) is 0 Å². The predicted molar refractivity (Wildman–Crippen MR) is 142 cm³/mol. The predicted octanol–water partition coefficient (Wildman–Crippen LogP) is 2.54. The third-order valence-electron chi connectivity index (χ3n) is 6.27. The summed E-state index contributed by atoms with van der Waals surface area (Å²) in [6.45, 7) is 4.49. The lowest BCUT2D eigenvalue weighted by molar-refractivity contribution is 0.498. The molecule has 0 aliphatic carbocycles. The summed E-state index contributed by atoms with van der Waals surface area (Å²) in [7, 11) is -0.540. The lowest BCUT2D eigenvalue weighted by atomic mass is 10.1. The van der Waals surface area contributed by atoms with Crippen molar-refractivity contribution < 1.29 is 8.42 Å². The first-order valence-corrected chi connectivity index (χ1v) is 13.8. The van der Waals surface area contributed by atoms with Gasteiger partial charge in [-0.05, 0) is 29.7 Å². The van der Waals surface area contributed by atoms with Crippen LogP contribution in [0.1, 0.15) is 19.4 Å². The van der Waals surface area contributed by atoms with Gasteiger partial charge in [-0.3, -0.25) is 18.6 Å². The fourth-order valence-corrected chi connectivity index (χ4v) is 5.29. The number of aromatic amines is 1. The summed E-state index contributed by atoms with van der Waals surface area (Å²) in [4.78, 5) is 34.2. The molecular formula is C24H26ClN7O4S. The van der Waals surface area contributed by atoms with E-state index in [9.17, 15) is 18.0 Å². The van der Waals surface area contributed by atoms with E-state index in [0.717, 1.165) is 27.3 Å². The Morgan fingerprint density at radius 2 is 1.89 bits per heavy atom. The number of aryl methyl sites for hydroxylation is 1. The van der Waals surface area contributed by atoms with Crippen LogP contribution in [0.15, 0.2) is 45.2 Å². The van der Waals surface area contributed by atoms with Crippen LogP contribution >= 0.6 is 11.6 Å². The van der Waals surface area contributed by atoms with Crippen molar-refractivity contribution in [1.29, 1.82) is 0 Å². The molecule has 5 rings (SSSR count). The monoisotopic (exact) mass is 543 g/mol. The van der Waals surface area contributed by atoms with Gasteiger partial charge in [-0.15, -0.1) is 0 Å². The second-order valence-electron chi connectivity index (χ2n) is 9.65. The highest BCUT2D eigenvalue weighted by Crippen LogP contribution is 2.29. The molecule has 0 aliphatic heterocycles. The number of benzene rings is 1. The summed E-state index contributed by atoms with van der Waals surface area (Å²) >= 11 is 6.24. The highest BCUT2D eigenvalue weighted by atomic mass is 35.5. The van der Waals surface area contributed by atoms with Gasteiger partial charge in [-0.1, -0.05) is 25.4 Å². The lowest BCUT2D eigenvalue weighted by Crippen LogP contribution is -2.38. The Balaban J connectivity index is 1.87. The van der Waals surface area contributed by atoms with Crippen molar-refractivity contribution in [1.82, 2.24) is 33.4 Å². The van der Waals surface area contributed by atoms with E-state index < -0.39 is 21.1 Å². The molecule has 4 heterocycles. The Morgan fingerprint density at radius 3 is 2.54 bits per heavy atom. The van der Waals surface area contributed by atoms with Crippen LogP contribution in [0.4, 0.5) is 0 Å². The largest absolute Gasteiger partial charge is 0.361 e. The third kappa shape index (κ3) is 4.19. The molecule has 11 nitrogen and oxygen atoms in total. The van der Waals surface area contributed by atoms with E-state index >= 15 is 0 Å². The number of halogens is 1. The number of aromatic nitrogens is 7. The molecule has 194 valence electrons. The molecule has 5 aromatic rings. The Labute approximate surface area is 216 Å². The molecule has 0 fully saturated rings. The van der Waals surface area contributed by atoms with Crippen molar-refractivity contribution >= 4 is 43.4 Å². The number of nitrogens with zero attached hydrogens (tertiary/aromatic N) is 6. The number of rotatable bonds is 6. The Morgan fingerprint density at radius 1 is 1.16 bits per heavy atom. The van der Waals surface area contributed by atoms with Gasteiger partial charge in [0.15, 0.2) is 26.3 Å². The molecule has 1 aromatic carbocycles. The number of sulfone groups is 1. The average Bonchev–Trinajstić information content (AvgIpc) is 3.50. The highest BCUT2D eigenvalue weighted by molar-refractivity contribution is 7.90. The number of hydrogen-bond acceptors (Lipinski definition) is 6. The SMILES string of the molecule is CC(C)Cn1c(=O)n(C)c(=O)c2c(-c3nc(S(C)(=O)=O)cn3C)n(Cc3c[nH]c4ccc(Cl)cc34)nc21. The second-order valence-corrected chi connectivity index (χ2v) is 12.0. The fourth-order valence-electron chi connectivity index (χ4n) is 4.51. The van der Waals surface area contributed by atoms with Crippen LogP contribution in [0.2, 0.25) is 5.02 Å². The Bertz CT molecular complexity index is 1920. The first-order valence-electron chi connectivity index (χ1n) is 11.6. The molecule has 0 amide bonds. The molecule has 0 bridgehead atoms. The molecule has 0 aliphatic rings. The topological polar surface area (TPSA) is 130 Å². The van der Waals surface area contributed by atoms with Crippen LogP contribution < -0.4 is 11.2 Å². The third-order valence-corrected chi connectivity index (χ3v) is 7.46. The van der Waals surface area contributed by atoms with Crippen molar-refractivity contribution in [2.24, 2.45) is 20.0 Å². The van der Waals surface area contributed by atoms with E-state index in [0.29, 0.717) is 17.3 Å². The minimum Gasteiger partial charge on any atom is -0.361 e. The smallest absolute Gasteiger partial charge is 0.332 e. The fraction of sp³-hybridized carbons (Fsp3) is 0.333. The molecule has 1 N–H and O–H groups in total. The van der Waals surface area contributed by atoms with Gasteiger partial charge in [-0.25, -0.2) is 18.2 Å². The summed E-state index contributed by atoms with van der Waals surface area (Å²) in [5.41, 5.74) is 1.26. The van der Waals surface area contributed by atoms with Gasteiger partial charge in [-0.2, -0.15) is 5.10 Å². The van der Waals surface area contributed by atoms with Crippen molar-refractivity contribution in [3.8, 4) is 11.5 Å². The van der Waals surface area contributed by atoms with Crippen LogP contribution in [-0.4, -0.2) is 48.1 Å². The van der Waals surface area contributed by atoms with Gasteiger partial charge >= 0.3 is 5.69 Å². The van der Waals surface area contributed by atoms with E-state index in [2.05, 4.69) is 9.97 Å². The van der Waals surface area contributed by atoms with Gasteiger partial charge in [0.05, 0.1) is 6.54 Å². The first-order chi connectivity index (χ1) is 17.4. The van der Waals surface area contributed by atoms with Crippen molar-refractivity contribution in [2.75, 3.05) is 6.26 Å². The molecule has 0 unspecified atom stereocenters. The molecule has 13 heteroatoms. The number of imidazole rings is 1. The minimum atomic E-state index is -3.61. The zero-order valence-electron chi connectivity index (χ0n) is 21.0. The zero-order valence-corrected chi connectivity index (χ0v) is 22.6. The van der Waals surface area contributed by atoms with E-state index in [1.54, 1.807) is 22.4 Å². The normalized spacial score (nSPS) is 12.4.